The van der Waals surface area contributed by atoms with Crippen LogP contribution in [0.2, 0.25) is 0 Å². The van der Waals surface area contributed by atoms with Gasteiger partial charge in [-0.3, -0.25) is 9.78 Å². The zero-order valence-corrected chi connectivity index (χ0v) is 10.6. The summed E-state index contributed by atoms with van der Waals surface area (Å²) in [5.74, 6) is -0.0369. The van der Waals surface area contributed by atoms with Gasteiger partial charge in [0.1, 0.15) is 0 Å². The minimum Gasteiger partial charge on any atom is -0.339 e. The standard InChI is InChI=1S/C13H15F3N2O/c1-9-3-6-18(7-4-9)12(19)10-2-5-17-8-11(10)13(14,15)16/h2,5,8-9H,3-4,6-7H2,1H3. The summed E-state index contributed by atoms with van der Waals surface area (Å²) in [5, 5.41) is 0. The first-order chi connectivity index (χ1) is 8.89. The van der Waals surface area contributed by atoms with E-state index in [1.165, 1.54) is 11.1 Å². The van der Waals surface area contributed by atoms with Crippen LogP contribution in [0.5, 0.6) is 0 Å². The van der Waals surface area contributed by atoms with Crippen LogP contribution in [-0.4, -0.2) is 28.9 Å². The van der Waals surface area contributed by atoms with Gasteiger partial charge in [-0.25, -0.2) is 0 Å². The minimum absolute atomic E-state index is 0.308. The third kappa shape index (κ3) is 3.05. The van der Waals surface area contributed by atoms with Crippen LogP contribution < -0.4 is 0 Å². The fourth-order valence-electron chi connectivity index (χ4n) is 2.19. The van der Waals surface area contributed by atoms with Crippen molar-refractivity contribution in [2.24, 2.45) is 5.92 Å². The zero-order chi connectivity index (χ0) is 14.0. The van der Waals surface area contributed by atoms with Crippen LogP contribution in [0, 0.1) is 5.92 Å². The lowest BCUT2D eigenvalue weighted by atomic mass is 9.98. The first-order valence-electron chi connectivity index (χ1n) is 6.20. The first kappa shape index (κ1) is 13.8. The number of alkyl halides is 3. The number of piperidine rings is 1. The fourth-order valence-corrected chi connectivity index (χ4v) is 2.19. The molecule has 2 rings (SSSR count). The van der Waals surface area contributed by atoms with Crippen LogP contribution >= 0.6 is 0 Å². The molecule has 3 nitrogen and oxygen atoms in total. The molecular weight excluding hydrogens is 257 g/mol. The molecular formula is C13H15F3N2O. The Morgan fingerprint density at radius 3 is 2.58 bits per heavy atom. The number of rotatable bonds is 1. The molecule has 1 amide bonds. The van der Waals surface area contributed by atoms with E-state index in [9.17, 15) is 18.0 Å². The van der Waals surface area contributed by atoms with Crippen molar-refractivity contribution in [3.8, 4) is 0 Å². The van der Waals surface area contributed by atoms with E-state index in [0.29, 0.717) is 25.2 Å². The van der Waals surface area contributed by atoms with Gasteiger partial charge in [0.2, 0.25) is 0 Å². The molecule has 0 bridgehead atoms. The third-order valence-electron chi connectivity index (χ3n) is 3.43. The van der Waals surface area contributed by atoms with Crippen LogP contribution in [0.3, 0.4) is 0 Å². The van der Waals surface area contributed by atoms with Gasteiger partial charge in [-0.15, -0.1) is 0 Å². The molecule has 1 fully saturated rings. The summed E-state index contributed by atoms with van der Waals surface area (Å²) in [5.41, 5.74) is -1.27. The minimum atomic E-state index is -4.55. The molecule has 1 aliphatic heterocycles. The Labute approximate surface area is 109 Å². The summed E-state index contributed by atoms with van der Waals surface area (Å²) in [4.78, 5) is 17.1. The van der Waals surface area contributed by atoms with Crippen LogP contribution in [-0.2, 0) is 6.18 Å². The number of likely N-dealkylation sites (tertiary alicyclic amines) is 1. The molecule has 104 valence electrons. The van der Waals surface area contributed by atoms with Gasteiger partial charge in [0.25, 0.3) is 5.91 Å². The van der Waals surface area contributed by atoms with Gasteiger partial charge >= 0.3 is 6.18 Å². The highest BCUT2D eigenvalue weighted by atomic mass is 19.4. The maximum absolute atomic E-state index is 12.8. The van der Waals surface area contributed by atoms with E-state index in [1.54, 1.807) is 0 Å². The Balaban J connectivity index is 2.24. The van der Waals surface area contributed by atoms with Crippen LogP contribution in [0.25, 0.3) is 0 Å². The van der Waals surface area contributed by atoms with E-state index in [0.717, 1.165) is 18.9 Å². The predicted octanol–water partition coefficient (Wildman–Crippen LogP) is 2.97. The number of pyridine rings is 1. The molecule has 1 aromatic rings. The summed E-state index contributed by atoms with van der Waals surface area (Å²) in [6, 6.07) is 1.14. The monoisotopic (exact) mass is 272 g/mol. The molecule has 6 heteroatoms. The number of carbonyl (C=O) groups excluding carboxylic acids is 1. The lowest BCUT2D eigenvalue weighted by Gasteiger charge is -2.30. The number of nitrogens with zero attached hydrogens (tertiary/aromatic N) is 2. The number of aromatic nitrogens is 1. The molecule has 0 unspecified atom stereocenters. The lowest BCUT2D eigenvalue weighted by molar-refractivity contribution is -0.138. The van der Waals surface area contributed by atoms with E-state index < -0.39 is 17.6 Å². The molecule has 0 radical (unpaired) electrons. The van der Waals surface area contributed by atoms with Crippen molar-refractivity contribution >= 4 is 5.91 Å². The SMILES string of the molecule is CC1CCN(C(=O)c2ccncc2C(F)(F)F)CC1. The third-order valence-corrected chi connectivity index (χ3v) is 3.43. The van der Waals surface area contributed by atoms with Gasteiger partial charge in [0.15, 0.2) is 0 Å². The molecule has 1 saturated heterocycles. The topological polar surface area (TPSA) is 33.2 Å². The average Bonchev–Trinajstić information content (AvgIpc) is 2.38. The van der Waals surface area contributed by atoms with E-state index in [4.69, 9.17) is 0 Å². The van der Waals surface area contributed by atoms with Gasteiger partial charge in [-0.1, -0.05) is 6.92 Å². The lowest BCUT2D eigenvalue weighted by Crippen LogP contribution is -2.38. The summed E-state index contributed by atoms with van der Waals surface area (Å²) >= 11 is 0. The van der Waals surface area contributed by atoms with Gasteiger partial charge in [0, 0.05) is 25.5 Å². The molecule has 0 saturated carbocycles. The van der Waals surface area contributed by atoms with Gasteiger partial charge in [-0.2, -0.15) is 13.2 Å². The maximum atomic E-state index is 12.8. The second-order valence-electron chi connectivity index (χ2n) is 4.89. The summed E-state index contributed by atoms with van der Waals surface area (Å²) in [6.07, 6.45) is -0.965. The van der Waals surface area contributed by atoms with Gasteiger partial charge in [0.05, 0.1) is 11.1 Å². The summed E-state index contributed by atoms with van der Waals surface area (Å²) < 4.78 is 38.5. The maximum Gasteiger partial charge on any atom is 0.418 e. The quantitative estimate of drug-likeness (QED) is 0.787. The smallest absolute Gasteiger partial charge is 0.339 e. The highest BCUT2D eigenvalue weighted by Gasteiger charge is 2.36. The Kier molecular flexibility index (Phi) is 3.78. The highest BCUT2D eigenvalue weighted by Crippen LogP contribution is 2.32. The molecule has 2 heterocycles. The van der Waals surface area contributed by atoms with Crippen LogP contribution in [0.1, 0.15) is 35.7 Å². The largest absolute Gasteiger partial charge is 0.418 e. The molecule has 0 spiro atoms. The number of halogens is 3. The fraction of sp³-hybridized carbons (Fsp3) is 0.538. The molecule has 0 aromatic carbocycles. The average molecular weight is 272 g/mol. The number of carbonyl (C=O) groups is 1. The Bertz CT molecular complexity index is 465. The van der Waals surface area contributed by atoms with Crippen molar-refractivity contribution < 1.29 is 18.0 Å². The molecule has 0 aliphatic carbocycles. The van der Waals surface area contributed by atoms with E-state index >= 15 is 0 Å². The first-order valence-corrected chi connectivity index (χ1v) is 6.20. The second kappa shape index (κ2) is 5.19. The van der Waals surface area contributed by atoms with Crippen molar-refractivity contribution in [2.45, 2.75) is 25.9 Å². The van der Waals surface area contributed by atoms with Gasteiger partial charge < -0.3 is 4.90 Å². The zero-order valence-electron chi connectivity index (χ0n) is 10.6. The second-order valence-corrected chi connectivity index (χ2v) is 4.89. The van der Waals surface area contributed by atoms with Crippen molar-refractivity contribution in [1.82, 2.24) is 9.88 Å². The molecule has 0 atom stereocenters. The van der Waals surface area contributed by atoms with Crippen molar-refractivity contribution in [3.05, 3.63) is 29.6 Å². The predicted molar refractivity (Wildman–Crippen MR) is 63.5 cm³/mol. The molecule has 0 N–H and O–H groups in total. The number of amides is 1. The normalized spacial score (nSPS) is 17.6. The highest BCUT2D eigenvalue weighted by molar-refractivity contribution is 5.95. The summed E-state index contributed by atoms with van der Waals surface area (Å²) in [6.45, 7) is 3.11. The summed E-state index contributed by atoms with van der Waals surface area (Å²) in [7, 11) is 0. The van der Waals surface area contributed by atoms with Crippen LogP contribution in [0.15, 0.2) is 18.5 Å². The Morgan fingerprint density at radius 2 is 2.00 bits per heavy atom. The van der Waals surface area contributed by atoms with E-state index in [1.807, 2.05) is 0 Å². The number of hydrogen-bond donors (Lipinski definition) is 0. The van der Waals surface area contributed by atoms with Crippen molar-refractivity contribution in [3.63, 3.8) is 0 Å². The number of hydrogen-bond acceptors (Lipinski definition) is 2. The molecule has 19 heavy (non-hydrogen) atoms. The van der Waals surface area contributed by atoms with Crippen molar-refractivity contribution in [2.75, 3.05) is 13.1 Å². The van der Waals surface area contributed by atoms with E-state index in [-0.39, 0.29) is 5.56 Å². The Hall–Kier alpha value is -1.59. The van der Waals surface area contributed by atoms with Gasteiger partial charge in [-0.05, 0) is 24.8 Å². The molecule has 1 aromatic heterocycles. The van der Waals surface area contributed by atoms with Crippen molar-refractivity contribution in [1.29, 1.82) is 0 Å². The Morgan fingerprint density at radius 1 is 1.37 bits per heavy atom. The van der Waals surface area contributed by atoms with Crippen LogP contribution in [0.4, 0.5) is 13.2 Å². The van der Waals surface area contributed by atoms with E-state index in [2.05, 4.69) is 11.9 Å². The molecule has 1 aliphatic rings.